The number of aliphatic hydroxyl groups excluding tert-OH is 1. The van der Waals surface area contributed by atoms with Crippen LogP contribution in [0.25, 0.3) is 0 Å². The summed E-state index contributed by atoms with van der Waals surface area (Å²) in [5.74, 6) is 5.14. The highest BCUT2D eigenvalue weighted by molar-refractivity contribution is 7.89. The van der Waals surface area contributed by atoms with Crippen LogP contribution >= 0.6 is 0 Å². The molecule has 21 heavy (non-hydrogen) atoms. The number of pyridine rings is 1. The van der Waals surface area contributed by atoms with Crippen LogP contribution in [-0.2, 0) is 10.0 Å². The van der Waals surface area contributed by atoms with E-state index in [-0.39, 0.29) is 23.0 Å². The Morgan fingerprint density at radius 3 is 2.86 bits per heavy atom. The van der Waals surface area contributed by atoms with E-state index in [9.17, 15) is 8.42 Å². The Hall–Kier alpha value is -1.42. The minimum absolute atomic E-state index is 0.0329. The van der Waals surface area contributed by atoms with Gasteiger partial charge in [-0.1, -0.05) is 32.1 Å². The Balaban J connectivity index is 2.24. The number of hydrogen-bond acceptors (Lipinski definition) is 4. The van der Waals surface area contributed by atoms with Crippen LogP contribution in [0.3, 0.4) is 0 Å². The Morgan fingerprint density at radius 1 is 1.48 bits per heavy atom. The van der Waals surface area contributed by atoms with Crippen LogP contribution in [0, 0.1) is 17.3 Å². The van der Waals surface area contributed by atoms with Crippen LogP contribution in [-0.4, -0.2) is 31.2 Å². The molecule has 0 radical (unpaired) electrons. The number of nitrogens with one attached hydrogen (secondary N) is 1. The fourth-order valence-electron chi connectivity index (χ4n) is 2.58. The van der Waals surface area contributed by atoms with E-state index in [0.717, 1.165) is 19.3 Å². The first-order valence-corrected chi connectivity index (χ1v) is 8.40. The predicted molar refractivity (Wildman–Crippen MR) is 79.9 cm³/mol. The zero-order valence-corrected chi connectivity index (χ0v) is 13.1. The van der Waals surface area contributed by atoms with E-state index < -0.39 is 10.0 Å². The molecule has 0 aromatic carbocycles. The van der Waals surface area contributed by atoms with Crippen LogP contribution in [0.4, 0.5) is 0 Å². The zero-order chi connectivity index (χ0) is 15.5. The maximum absolute atomic E-state index is 12.5. The van der Waals surface area contributed by atoms with E-state index in [2.05, 4.69) is 35.4 Å². The van der Waals surface area contributed by atoms with Gasteiger partial charge in [0, 0.05) is 24.0 Å². The lowest BCUT2D eigenvalue weighted by Gasteiger charge is -2.27. The summed E-state index contributed by atoms with van der Waals surface area (Å²) in [7, 11) is -3.61. The maximum Gasteiger partial charge on any atom is 0.242 e. The second-order valence-electron chi connectivity index (χ2n) is 5.92. The van der Waals surface area contributed by atoms with Crippen molar-refractivity contribution in [2.45, 2.75) is 44.0 Å². The summed E-state index contributed by atoms with van der Waals surface area (Å²) in [5.41, 5.74) is 0.437. The molecular formula is C15H20N2O3S. The zero-order valence-electron chi connectivity index (χ0n) is 12.3. The van der Waals surface area contributed by atoms with E-state index in [4.69, 9.17) is 5.11 Å². The monoisotopic (exact) mass is 308 g/mol. The van der Waals surface area contributed by atoms with Gasteiger partial charge in [0.2, 0.25) is 10.0 Å². The van der Waals surface area contributed by atoms with E-state index in [1.165, 1.54) is 18.5 Å². The first-order valence-electron chi connectivity index (χ1n) is 6.92. The fraction of sp³-hybridized carbons (Fsp3) is 0.533. The van der Waals surface area contributed by atoms with Gasteiger partial charge in [-0.2, -0.15) is 0 Å². The first-order chi connectivity index (χ1) is 9.85. The first kappa shape index (κ1) is 16.0. The molecule has 1 fully saturated rings. The standard InChI is InChI=1S/C15H20N2O3S/c1-15(2)7-3-6-14(15)17-21(19,20)13-9-12(5-4-8-18)10-16-11-13/h9-11,14,17-18H,3,6-8H2,1-2H3. The smallest absolute Gasteiger partial charge is 0.242 e. The summed E-state index contributed by atoms with van der Waals surface area (Å²) in [6, 6.07) is 1.41. The highest BCUT2D eigenvalue weighted by Gasteiger charge is 2.37. The highest BCUT2D eigenvalue weighted by atomic mass is 32.2. The van der Waals surface area contributed by atoms with Crippen LogP contribution in [0.1, 0.15) is 38.7 Å². The van der Waals surface area contributed by atoms with Gasteiger partial charge in [0.15, 0.2) is 0 Å². The van der Waals surface area contributed by atoms with Gasteiger partial charge in [0.1, 0.15) is 11.5 Å². The molecule has 1 aromatic rings. The average Bonchev–Trinajstić information content (AvgIpc) is 2.75. The Morgan fingerprint density at radius 2 is 2.24 bits per heavy atom. The van der Waals surface area contributed by atoms with Crippen LogP contribution < -0.4 is 4.72 Å². The molecule has 2 N–H and O–H groups in total. The van der Waals surface area contributed by atoms with Crippen molar-refractivity contribution >= 4 is 10.0 Å². The van der Waals surface area contributed by atoms with Gasteiger partial charge >= 0.3 is 0 Å². The summed E-state index contributed by atoms with van der Waals surface area (Å²) in [6.07, 6.45) is 5.68. The molecule has 0 saturated heterocycles. The lowest BCUT2D eigenvalue weighted by molar-refractivity contribution is 0.313. The summed E-state index contributed by atoms with van der Waals surface area (Å²) < 4.78 is 27.7. The second kappa shape index (κ2) is 6.14. The van der Waals surface area contributed by atoms with Crippen molar-refractivity contribution in [2.75, 3.05) is 6.61 Å². The van der Waals surface area contributed by atoms with Crippen molar-refractivity contribution in [3.05, 3.63) is 24.0 Å². The predicted octanol–water partition coefficient (Wildman–Crippen LogP) is 1.28. The van der Waals surface area contributed by atoms with Crippen molar-refractivity contribution < 1.29 is 13.5 Å². The van der Waals surface area contributed by atoms with Gasteiger partial charge in [0.25, 0.3) is 0 Å². The van der Waals surface area contributed by atoms with Crippen molar-refractivity contribution in [3.63, 3.8) is 0 Å². The molecule has 6 heteroatoms. The summed E-state index contributed by atoms with van der Waals surface area (Å²) in [5, 5.41) is 8.68. The Kier molecular flexibility index (Phi) is 4.67. The molecule has 1 saturated carbocycles. The molecule has 114 valence electrons. The lowest BCUT2D eigenvalue weighted by atomic mass is 9.88. The van der Waals surface area contributed by atoms with E-state index in [1.54, 1.807) is 0 Å². The van der Waals surface area contributed by atoms with E-state index >= 15 is 0 Å². The molecule has 1 heterocycles. The molecule has 0 aliphatic heterocycles. The minimum Gasteiger partial charge on any atom is -0.384 e. The number of nitrogens with zero attached hydrogens (tertiary/aromatic N) is 1. The molecule has 0 spiro atoms. The Bertz CT molecular complexity index is 672. The third-order valence-electron chi connectivity index (χ3n) is 3.89. The normalized spacial score (nSPS) is 20.8. The number of hydrogen-bond donors (Lipinski definition) is 2. The molecule has 5 nitrogen and oxygen atoms in total. The molecular weight excluding hydrogens is 288 g/mol. The molecule has 1 aromatic heterocycles. The molecule has 0 bridgehead atoms. The summed E-state index contributed by atoms with van der Waals surface area (Å²) in [4.78, 5) is 4.02. The number of aliphatic hydroxyl groups is 1. The molecule has 1 unspecified atom stereocenters. The van der Waals surface area contributed by atoms with Crippen LogP contribution in [0.5, 0.6) is 0 Å². The lowest BCUT2D eigenvalue weighted by Crippen LogP contribution is -2.41. The van der Waals surface area contributed by atoms with Crippen molar-refractivity contribution in [1.82, 2.24) is 9.71 Å². The number of rotatable bonds is 3. The maximum atomic E-state index is 12.5. The third kappa shape index (κ3) is 3.82. The van der Waals surface area contributed by atoms with Gasteiger partial charge in [-0.15, -0.1) is 0 Å². The SMILES string of the molecule is CC1(C)CCCC1NS(=O)(=O)c1cncc(C#CCO)c1. The largest absolute Gasteiger partial charge is 0.384 e. The van der Waals surface area contributed by atoms with Crippen molar-refractivity contribution in [3.8, 4) is 11.8 Å². The van der Waals surface area contributed by atoms with Crippen molar-refractivity contribution in [1.29, 1.82) is 0 Å². The van der Waals surface area contributed by atoms with Crippen molar-refractivity contribution in [2.24, 2.45) is 5.41 Å². The van der Waals surface area contributed by atoms with E-state index in [1.807, 2.05) is 0 Å². The van der Waals surface area contributed by atoms with E-state index in [0.29, 0.717) is 5.56 Å². The van der Waals surface area contributed by atoms with Crippen LogP contribution in [0.15, 0.2) is 23.4 Å². The summed E-state index contributed by atoms with van der Waals surface area (Å²) >= 11 is 0. The fourth-order valence-corrected chi connectivity index (χ4v) is 4.01. The van der Waals surface area contributed by atoms with Crippen LogP contribution in [0.2, 0.25) is 0 Å². The molecule has 1 aliphatic rings. The van der Waals surface area contributed by atoms with Gasteiger partial charge in [-0.3, -0.25) is 4.98 Å². The molecule has 1 atom stereocenters. The molecule has 2 rings (SSSR count). The number of sulfonamides is 1. The topological polar surface area (TPSA) is 79.3 Å². The second-order valence-corrected chi connectivity index (χ2v) is 7.64. The minimum atomic E-state index is -3.61. The highest BCUT2D eigenvalue weighted by Crippen LogP contribution is 2.37. The quantitative estimate of drug-likeness (QED) is 0.825. The van der Waals surface area contributed by atoms with Gasteiger partial charge in [-0.05, 0) is 24.3 Å². The van der Waals surface area contributed by atoms with Gasteiger partial charge in [-0.25, -0.2) is 13.1 Å². The summed E-state index contributed by atoms with van der Waals surface area (Å²) in [6.45, 7) is 3.88. The molecule has 1 aliphatic carbocycles. The van der Waals surface area contributed by atoms with Gasteiger partial charge in [0.05, 0.1) is 0 Å². The average molecular weight is 308 g/mol. The number of aromatic nitrogens is 1. The third-order valence-corrected chi connectivity index (χ3v) is 5.33. The Labute approximate surface area is 125 Å². The van der Waals surface area contributed by atoms with Gasteiger partial charge < -0.3 is 5.11 Å². The molecule has 0 amide bonds.